The predicted molar refractivity (Wildman–Crippen MR) is 106 cm³/mol. The van der Waals surface area contributed by atoms with Crippen molar-refractivity contribution in [1.29, 1.82) is 0 Å². The number of fused-ring (bicyclic) bond motifs is 1. The van der Waals surface area contributed by atoms with Gasteiger partial charge in [-0.2, -0.15) is 18.2 Å². The van der Waals surface area contributed by atoms with Crippen LogP contribution in [-0.2, 0) is 11.3 Å². The maximum Gasteiger partial charge on any atom is 0.422 e. The highest BCUT2D eigenvalue weighted by Gasteiger charge is 2.28. The zero-order valence-electron chi connectivity index (χ0n) is 16.3. The Morgan fingerprint density at radius 2 is 2.03 bits per heavy atom. The highest BCUT2D eigenvalue weighted by molar-refractivity contribution is 5.94. The number of primary amides is 1. The third-order valence-electron chi connectivity index (χ3n) is 4.62. The predicted octanol–water partition coefficient (Wildman–Crippen LogP) is 4.09. The molecule has 0 unspecified atom stereocenters. The largest absolute Gasteiger partial charge is 0.484 e. The number of carbonyl (C=O) groups is 1. The van der Waals surface area contributed by atoms with Crippen LogP contribution in [0.3, 0.4) is 0 Å². The molecule has 0 fully saturated rings. The normalized spacial score (nSPS) is 11.7. The fraction of sp³-hybridized carbons (Fsp3) is 0.190. The molecular formula is C21H17F3N4O3. The third-order valence-corrected chi connectivity index (χ3v) is 4.62. The Kier molecular flexibility index (Phi) is 5.14. The Labute approximate surface area is 174 Å². The highest BCUT2D eigenvalue weighted by Crippen LogP contribution is 2.31. The van der Waals surface area contributed by atoms with Gasteiger partial charge in [0, 0.05) is 28.2 Å². The second-order valence-electron chi connectivity index (χ2n) is 6.96. The molecular weight excluding hydrogens is 413 g/mol. The van der Waals surface area contributed by atoms with E-state index in [1.165, 1.54) is 6.07 Å². The number of carbonyl (C=O) groups excluding carboxylic acids is 1. The van der Waals surface area contributed by atoms with Crippen molar-refractivity contribution in [1.82, 2.24) is 14.7 Å². The van der Waals surface area contributed by atoms with Gasteiger partial charge < -0.3 is 19.6 Å². The smallest absolute Gasteiger partial charge is 0.422 e. The quantitative estimate of drug-likeness (QED) is 0.497. The van der Waals surface area contributed by atoms with Crippen molar-refractivity contribution < 1.29 is 27.2 Å². The van der Waals surface area contributed by atoms with Gasteiger partial charge in [-0.3, -0.25) is 4.79 Å². The van der Waals surface area contributed by atoms with Gasteiger partial charge in [0.15, 0.2) is 6.61 Å². The monoisotopic (exact) mass is 430 g/mol. The van der Waals surface area contributed by atoms with E-state index in [1.807, 2.05) is 24.3 Å². The van der Waals surface area contributed by atoms with Gasteiger partial charge in [-0.1, -0.05) is 17.3 Å². The molecule has 0 saturated carbocycles. The number of amides is 1. The highest BCUT2D eigenvalue weighted by atomic mass is 19.4. The Bertz CT molecular complexity index is 1260. The first-order valence-electron chi connectivity index (χ1n) is 9.22. The van der Waals surface area contributed by atoms with E-state index in [2.05, 4.69) is 10.1 Å². The van der Waals surface area contributed by atoms with Crippen molar-refractivity contribution in [3.05, 3.63) is 54.2 Å². The summed E-state index contributed by atoms with van der Waals surface area (Å²) in [5.74, 6) is 0.227. The number of hydrogen-bond acceptors (Lipinski definition) is 5. The Hall–Kier alpha value is -3.82. The molecule has 2 heterocycles. The number of aromatic nitrogens is 3. The Morgan fingerprint density at radius 1 is 1.23 bits per heavy atom. The lowest BCUT2D eigenvalue weighted by atomic mass is 10.1. The number of nitrogens with two attached hydrogens (primary N) is 1. The molecule has 1 amide bonds. The summed E-state index contributed by atoms with van der Waals surface area (Å²) in [7, 11) is 0. The summed E-state index contributed by atoms with van der Waals surface area (Å²) in [6.45, 7) is 0.318. The minimum absolute atomic E-state index is 0.0481. The van der Waals surface area contributed by atoms with Crippen molar-refractivity contribution in [3.8, 4) is 28.6 Å². The SMILES string of the molecule is Cc1cc(-c2nc(-c3cccc4c3ccn4CC(N)=O)no2)ccc1OCC(F)(F)F. The lowest BCUT2D eigenvalue weighted by Gasteiger charge is -2.11. The fourth-order valence-electron chi connectivity index (χ4n) is 3.28. The molecule has 2 N–H and O–H groups in total. The second-order valence-corrected chi connectivity index (χ2v) is 6.96. The zero-order chi connectivity index (χ0) is 22.2. The summed E-state index contributed by atoms with van der Waals surface area (Å²) >= 11 is 0. The lowest BCUT2D eigenvalue weighted by molar-refractivity contribution is -0.153. The van der Waals surface area contributed by atoms with Crippen molar-refractivity contribution in [2.75, 3.05) is 6.61 Å². The van der Waals surface area contributed by atoms with Crippen LogP contribution >= 0.6 is 0 Å². The van der Waals surface area contributed by atoms with Crippen molar-refractivity contribution in [2.45, 2.75) is 19.6 Å². The first-order chi connectivity index (χ1) is 14.7. The maximum atomic E-state index is 12.4. The summed E-state index contributed by atoms with van der Waals surface area (Å²) in [4.78, 5) is 15.7. The van der Waals surface area contributed by atoms with Crippen molar-refractivity contribution in [2.24, 2.45) is 5.73 Å². The van der Waals surface area contributed by atoms with Crippen molar-refractivity contribution >= 4 is 16.8 Å². The molecule has 0 aliphatic heterocycles. The molecule has 0 spiro atoms. The molecule has 10 heteroatoms. The van der Waals surface area contributed by atoms with Gasteiger partial charge in [-0.05, 0) is 42.8 Å². The van der Waals surface area contributed by atoms with E-state index in [0.717, 1.165) is 10.9 Å². The summed E-state index contributed by atoms with van der Waals surface area (Å²) < 4.78 is 49.0. The summed E-state index contributed by atoms with van der Waals surface area (Å²) in [6.07, 6.45) is -2.66. The third kappa shape index (κ3) is 4.37. The molecule has 0 aliphatic rings. The number of nitrogens with zero attached hydrogens (tertiary/aromatic N) is 3. The van der Waals surface area contributed by atoms with Crippen LogP contribution in [-0.4, -0.2) is 33.4 Å². The van der Waals surface area contributed by atoms with E-state index < -0.39 is 18.7 Å². The van der Waals surface area contributed by atoms with Gasteiger partial charge in [-0.25, -0.2) is 0 Å². The minimum Gasteiger partial charge on any atom is -0.484 e. The summed E-state index contributed by atoms with van der Waals surface area (Å²) in [6, 6.07) is 11.9. The molecule has 4 rings (SSSR count). The van der Waals surface area contributed by atoms with E-state index in [-0.39, 0.29) is 18.2 Å². The van der Waals surface area contributed by atoms with Gasteiger partial charge in [0.2, 0.25) is 11.7 Å². The van der Waals surface area contributed by atoms with Gasteiger partial charge in [-0.15, -0.1) is 0 Å². The fourth-order valence-corrected chi connectivity index (χ4v) is 3.28. The second kappa shape index (κ2) is 7.78. The zero-order valence-corrected chi connectivity index (χ0v) is 16.3. The van der Waals surface area contributed by atoms with Crippen LogP contribution in [0.25, 0.3) is 33.7 Å². The van der Waals surface area contributed by atoms with E-state index in [9.17, 15) is 18.0 Å². The average molecular weight is 430 g/mol. The molecule has 0 atom stereocenters. The molecule has 7 nitrogen and oxygen atoms in total. The number of ether oxygens (including phenoxy) is 1. The van der Waals surface area contributed by atoms with Crippen LogP contribution in [0.2, 0.25) is 0 Å². The molecule has 0 aliphatic carbocycles. The van der Waals surface area contributed by atoms with E-state index >= 15 is 0 Å². The summed E-state index contributed by atoms with van der Waals surface area (Å²) in [5, 5.41) is 4.86. The molecule has 2 aromatic carbocycles. The topological polar surface area (TPSA) is 96.2 Å². The van der Waals surface area contributed by atoms with Gasteiger partial charge in [0.25, 0.3) is 5.89 Å². The minimum atomic E-state index is -4.41. The van der Waals surface area contributed by atoms with Crippen LogP contribution < -0.4 is 10.5 Å². The molecule has 160 valence electrons. The van der Waals surface area contributed by atoms with Crippen LogP contribution in [0.4, 0.5) is 13.2 Å². The number of alkyl halides is 3. The Morgan fingerprint density at radius 3 is 2.74 bits per heavy atom. The van der Waals surface area contributed by atoms with E-state index in [1.54, 1.807) is 29.8 Å². The molecule has 2 aromatic heterocycles. The lowest BCUT2D eigenvalue weighted by Crippen LogP contribution is -2.19. The number of hydrogen-bond donors (Lipinski definition) is 1. The standard InChI is InChI=1S/C21H17F3N4O3/c1-12-9-13(5-6-17(12)30-11-21(22,23)24)20-26-19(27-31-20)15-3-2-4-16-14(15)7-8-28(16)10-18(25)29/h2-9H,10-11H2,1H3,(H2,25,29). The first-order valence-corrected chi connectivity index (χ1v) is 9.22. The van der Waals surface area contributed by atoms with Gasteiger partial charge in [0.05, 0.1) is 0 Å². The number of aryl methyl sites for hydroxylation is 1. The average Bonchev–Trinajstić information content (AvgIpc) is 3.33. The number of rotatable bonds is 6. The molecule has 4 aromatic rings. The molecule has 0 radical (unpaired) electrons. The van der Waals surface area contributed by atoms with E-state index in [0.29, 0.717) is 22.5 Å². The first kappa shape index (κ1) is 20.5. The molecule has 0 saturated heterocycles. The van der Waals surface area contributed by atoms with E-state index in [4.69, 9.17) is 15.0 Å². The van der Waals surface area contributed by atoms with Crippen LogP contribution in [0.5, 0.6) is 5.75 Å². The molecule has 31 heavy (non-hydrogen) atoms. The Balaban J connectivity index is 1.62. The molecule has 0 bridgehead atoms. The van der Waals surface area contributed by atoms with Crippen LogP contribution in [0, 0.1) is 6.92 Å². The van der Waals surface area contributed by atoms with Gasteiger partial charge >= 0.3 is 6.18 Å². The van der Waals surface area contributed by atoms with Crippen molar-refractivity contribution in [3.63, 3.8) is 0 Å². The van der Waals surface area contributed by atoms with Crippen LogP contribution in [0.1, 0.15) is 5.56 Å². The number of benzene rings is 2. The number of halogens is 3. The maximum absolute atomic E-state index is 12.4. The van der Waals surface area contributed by atoms with Crippen LogP contribution in [0.15, 0.2) is 53.2 Å². The summed E-state index contributed by atoms with van der Waals surface area (Å²) in [5.41, 5.74) is 7.85. The van der Waals surface area contributed by atoms with Gasteiger partial charge in [0.1, 0.15) is 12.3 Å².